The van der Waals surface area contributed by atoms with Crippen molar-refractivity contribution in [3.63, 3.8) is 0 Å². The lowest BCUT2D eigenvalue weighted by Crippen LogP contribution is -2.03. The van der Waals surface area contributed by atoms with E-state index in [4.69, 9.17) is 0 Å². The average molecular weight is 221 g/mol. The van der Waals surface area contributed by atoms with Crippen LogP contribution in [0.3, 0.4) is 0 Å². The highest BCUT2D eigenvalue weighted by Crippen LogP contribution is 2.10. The van der Waals surface area contributed by atoms with Crippen LogP contribution in [0.25, 0.3) is 0 Å². The minimum absolute atomic E-state index is 0.156. The summed E-state index contributed by atoms with van der Waals surface area (Å²) in [6.07, 6.45) is 0. The summed E-state index contributed by atoms with van der Waals surface area (Å²) in [6.45, 7) is 3.92. The Hall–Kier alpha value is -1.09. The molecule has 0 saturated heterocycles. The number of Topliss-reactive ketones (excluding diaryl/α,β-unsaturated/α-hetero) is 1. The fraction of sp³-hybridized carbons (Fsp3) is 0.333. The standard InChI is InChI=1S/C12H15NOS/c1-9-4-6-11(7-5-9)12(14)8-15-10(2)13-3/h4-7H,8H2,1-3H3. The zero-order valence-corrected chi connectivity index (χ0v) is 10.1. The van der Waals surface area contributed by atoms with Crippen molar-refractivity contribution in [2.75, 3.05) is 12.8 Å². The first-order valence-corrected chi connectivity index (χ1v) is 5.78. The molecule has 0 aliphatic carbocycles. The SMILES string of the molecule is CN=C(C)SCC(=O)c1ccc(C)cc1. The molecule has 1 aromatic carbocycles. The Morgan fingerprint density at radius 3 is 2.47 bits per heavy atom. The quantitative estimate of drug-likeness (QED) is 0.446. The van der Waals surface area contributed by atoms with Crippen LogP contribution in [0.5, 0.6) is 0 Å². The van der Waals surface area contributed by atoms with Crippen LogP contribution in [0.15, 0.2) is 29.3 Å². The van der Waals surface area contributed by atoms with Crippen molar-refractivity contribution in [1.29, 1.82) is 0 Å². The van der Waals surface area contributed by atoms with E-state index in [2.05, 4.69) is 4.99 Å². The molecule has 0 atom stereocenters. The second-order valence-electron chi connectivity index (χ2n) is 3.32. The molecule has 1 rings (SSSR count). The van der Waals surface area contributed by atoms with Gasteiger partial charge in [0.15, 0.2) is 5.78 Å². The Kier molecular flexibility index (Phi) is 4.56. The molecule has 1 aromatic rings. The first-order valence-electron chi connectivity index (χ1n) is 4.79. The van der Waals surface area contributed by atoms with E-state index in [0.717, 1.165) is 10.6 Å². The number of rotatable bonds is 3. The van der Waals surface area contributed by atoms with E-state index in [9.17, 15) is 4.79 Å². The fourth-order valence-electron chi connectivity index (χ4n) is 1.06. The van der Waals surface area contributed by atoms with Crippen molar-refractivity contribution in [3.05, 3.63) is 35.4 Å². The van der Waals surface area contributed by atoms with Crippen LogP contribution in [0.4, 0.5) is 0 Å². The van der Waals surface area contributed by atoms with Crippen molar-refractivity contribution < 1.29 is 4.79 Å². The summed E-state index contributed by atoms with van der Waals surface area (Å²) in [5.41, 5.74) is 1.95. The third-order valence-electron chi connectivity index (χ3n) is 2.10. The van der Waals surface area contributed by atoms with E-state index >= 15 is 0 Å². The number of nitrogens with zero attached hydrogens (tertiary/aromatic N) is 1. The van der Waals surface area contributed by atoms with Gasteiger partial charge in [-0.05, 0) is 13.8 Å². The first-order chi connectivity index (χ1) is 7.13. The Labute approximate surface area is 94.8 Å². The second-order valence-corrected chi connectivity index (χ2v) is 4.49. The molecule has 80 valence electrons. The number of aliphatic imine (C=N–C) groups is 1. The number of benzene rings is 1. The maximum atomic E-state index is 11.7. The van der Waals surface area contributed by atoms with E-state index in [-0.39, 0.29) is 5.78 Å². The summed E-state index contributed by atoms with van der Waals surface area (Å²) < 4.78 is 0. The van der Waals surface area contributed by atoms with Crippen molar-refractivity contribution in [2.24, 2.45) is 4.99 Å². The molecule has 0 aliphatic rings. The lowest BCUT2D eigenvalue weighted by molar-refractivity contribution is 0.102. The van der Waals surface area contributed by atoms with Gasteiger partial charge in [-0.2, -0.15) is 0 Å². The zero-order valence-electron chi connectivity index (χ0n) is 9.28. The van der Waals surface area contributed by atoms with Gasteiger partial charge in [0, 0.05) is 12.6 Å². The molecule has 0 aromatic heterocycles. The van der Waals surface area contributed by atoms with Crippen LogP contribution in [0.1, 0.15) is 22.8 Å². The summed E-state index contributed by atoms with van der Waals surface area (Å²) in [5, 5.41) is 0.940. The highest BCUT2D eigenvalue weighted by atomic mass is 32.2. The lowest BCUT2D eigenvalue weighted by atomic mass is 10.1. The van der Waals surface area contributed by atoms with Gasteiger partial charge in [-0.3, -0.25) is 9.79 Å². The minimum atomic E-state index is 0.156. The van der Waals surface area contributed by atoms with Gasteiger partial charge in [0.05, 0.1) is 10.8 Å². The first kappa shape index (κ1) is 12.0. The number of hydrogen-bond donors (Lipinski definition) is 0. The predicted octanol–water partition coefficient (Wildman–Crippen LogP) is 2.96. The third kappa shape index (κ3) is 3.88. The van der Waals surface area contributed by atoms with E-state index in [1.54, 1.807) is 7.05 Å². The monoisotopic (exact) mass is 221 g/mol. The molecule has 0 radical (unpaired) electrons. The molecular formula is C12H15NOS. The molecule has 3 heteroatoms. The van der Waals surface area contributed by atoms with Crippen molar-refractivity contribution in [3.8, 4) is 0 Å². The third-order valence-corrected chi connectivity index (χ3v) is 3.11. The van der Waals surface area contributed by atoms with Gasteiger partial charge in [0.25, 0.3) is 0 Å². The maximum Gasteiger partial charge on any atom is 0.173 e. The summed E-state index contributed by atoms with van der Waals surface area (Å²) in [7, 11) is 1.73. The van der Waals surface area contributed by atoms with Crippen LogP contribution >= 0.6 is 11.8 Å². The Bertz CT molecular complexity index is 368. The molecule has 15 heavy (non-hydrogen) atoms. The van der Waals surface area contributed by atoms with Gasteiger partial charge in [0.2, 0.25) is 0 Å². The molecule has 0 aliphatic heterocycles. The number of aryl methyl sites for hydroxylation is 1. The van der Waals surface area contributed by atoms with Crippen molar-refractivity contribution >= 4 is 22.6 Å². The Morgan fingerprint density at radius 1 is 1.33 bits per heavy atom. The maximum absolute atomic E-state index is 11.7. The summed E-state index contributed by atoms with van der Waals surface area (Å²) in [5.74, 6) is 0.620. The van der Waals surface area contributed by atoms with E-state index < -0.39 is 0 Å². The molecule has 0 unspecified atom stereocenters. The number of thioether (sulfide) groups is 1. The fourth-order valence-corrected chi connectivity index (χ4v) is 1.69. The lowest BCUT2D eigenvalue weighted by Gasteiger charge is -2.01. The van der Waals surface area contributed by atoms with Gasteiger partial charge in [-0.1, -0.05) is 29.8 Å². The second kappa shape index (κ2) is 5.71. The Morgan fingerprint density at radius 2 is 1.93 bits per heavy atom. The van der Waals surface area contributed by atoms with Crippen molar-refractivity contribution in [2.45, 2.75) is 13.8 Å². The minimum Gasteiger partial charge on any atom is -0.293 e. The molecule has 0 heterocycles. The molecule has 0 N–H and O–H groups in total. The van der Waals surface area contributed by atoms with Gasteiger partial charge in [0.1, 0.15) is 0 Å². The molecule has 0 bridgehead atoms. The normalized spacial score (nSPS) is 11.5. The summed E-state index contributed by atoms with van der Waals surface area (Å²) in [6, 6.07) is 7.66. The van der Waals surface area contributed by atoms with Crippen LogP contribution in [0, 0.1) is 6.92 Å². The average Bonchev–Trinajstić information content (AvgIpc) is 2.26. The predicted molar refractivity (Wildman–Crippen MR) is 67.0 cm³/mol. The van der Waals surface area contributed by atoms with Gasteiger partial charge in [-0.15, -0.1) is 11.8 Å². The van der Waals surface area contributed by atoms with Gasteiger partial charge in [-0.25, -0.2) is 0 Å². The van der Waals surface area contributed by atoms with Crippen LogP contribution in [-0.4, -0.2) is 23.6 Å². The van der Waals surface area contributed by atoms with Gasteiger partial charge >= 0.3 is 0 Å². The summed E-state index contributed by atoms with van der Waals surface area (Å²) in [4.78, 5) is 15.7. The van der Waals surface area contributed by atoms with Crippen molar-refractivity contribution in [1.82, 2.24) is 0 Å². The molecule has 0 spiro atoms. The van der Waals surface area contributed by atoms with E-state index in [1.807, 2.05) is 38.1 Å². The molecule has 0 amide bonds. The van der Waals surface area contributed by atoms with Crippen LogP contribution in [0.2, 0.25) is 0 Å². The van der Waals surface area contributed by atoms with Gasteiger partial charge < -0.3 is 0 Å². The Balaban J connectivity index is 2.58. The molecule has 2 nitrogen and oxygen atoms in total. The van der Waals surface area contributed by atoms with Crippen LogP contribution < -0.4 is 0 Å². The molecule has 0 fully saturated rings. The number of carbonyl (C=O) groups is 1. The van der Waals surface area contributed by atoms with E-state index in [0.29, 0.717) is 5.75 Å². The smallest absolute Gasteiger partial charge is 0.173 e. The largest absolute Gasteiger partial charge is 0.293 e. The number of hydrogen-bond acceptors (Lipinski definition) is 3. The van der Waals surface area contributed by atoms with Crippen LogP contribution in [-0.2, 0) is 0 Å². The number of ketones is 1. The molecule has 0 saturated carbocycles. The molecular weight excluding hydrogens is 206 g/mol. The number of carbonyl (C=O) groups excluding carboxylic acids is 1. The van der Waals surface area contributed by atoms with E-state index in [1.165, 1.54) is 17.3 Å². The highest BCUT2D eigenvalue weighted by Gasteiger charge is 2.05. The summed E-state index contributed by atoms with van der Waals surface area (Å²) >= 11 is 1.48. The zero-order chi connectivity index (χ0) is 11.3. The topological polar surface area (TPSA) is 29.4 Å². The highest BCUT2D eigenvalue weighted by molar-refractivity contribution is 8.14.